The Kier molecular flexibility index (Phi) is 3.60. The molecular formula is C14H12N4O3S. The quantitative estimate of drug-likeness (QED) is 0.748. The number of aromatic nitrogens is 3. The zero-order valence-corrected chi connectivity index (χ0v) is 12.7. The summed E-state index contributed by atoms with van der Waals surface area (Å²) in [5.74, 6) is -0.692. The average molecular weight is 316 g/mol. The number of nitrogens with zero attached hydrogens (tertiary/aromatic N) is 3. The highest BCUT2D eigenvalue weighted by Gasteiger charge is 2.14. The second kappa shape index (κ2) is 5.57. The van der Waals surface area contributed by atoms with E-state index in [1.807, 2.05) is 0 Å². The number of amides is 1. The molecule has 0 fully saturated rings. The minimum absolute atomic E-state index is 0.285. The zero-order valence-electron chi connectivity index (χ0n) is 11.9. The molecule has 3 aromatic rings. The highest BCUT2D eigenvalue weighted by molar-refractivity contribution is 7.22. The van der Waals surface area contributed by atoms with Crippen molar-refractivity contribution in [3.8, 4) is 0 Å². The third-order valence-electron chi connectivity index (χ3n) is 3.08. The number of methoxy groups -OCH3 is 1. The average Bonchev–Trinajstić information content (AvgIpc) is 3.10. The van der Waals surface area contributed by atoms with Gasteiger partial charge in [0, 0.05) is 13.2 Å². The Balaban J connectivity index is 1.87. The predicted octanol–water partition coefficient (Wildman–Crippen LogP) is 2.07. The maximum Gasteiger partial charge on any atom is 0.337 e. The maximum atomic E-state index is 12.1. The number of carbonyl (C=O) groups excluding carboxylic acids is 2. The number of benzene rings is 1. The number of thiazole rings is 1. The molecule has 22 heavy (non-hydrogen) atoms. The lowest BCUT2D eigenvalue weighted by atomic mass is 10.2. The van der Waals surface area contributed by atoms with Gasteiger partial charge in [0.1, 0.15) is 5.69 Å². The van der Waals surface area contributed by atoms with Crippen LogP contribution in [-0.4, -0.2) is 33.8 Å². The van der Waals surface area contributed by atoms with E-state index in [-0.39, 0.29) is 5.91 Å². The summed E-state index contributed by atoms with van der Waals surface area (Å²) in [5.41, 5.74) is 1.59. The third-order valence-corrected chi connectivity index (χ3v) is 4.02. The molecule has 3 rings (SSSR count). The molecule has 0 atom stereocenters. The van der Waals surface area contributed by atoms with Crippen LogP contribution >= 0.6 is 11.3 Å². The molecule has 0 unspecified atom stereocenters. The Labute approximate surface area is 129 Å². The number of hydrogen-bond acceptors (Lipinski definition) is 6. The predicted molar refractivity (Wildman–Crippen MR) is 82.1 cm³/mol. The Hall–Kier alpha value is -2.74. The van der Waals surface area contributed by atoms with E-state index in [0.717, 1.165) is 4.70 Å². The standard InChI is InChI=1S/C14H12N4O3S/c1-18-10(5-6-15-18)12(19)17-14-16-9-4-3-8(13(20)21-2)7-11(9)22-14/h3-7H,1-2H3,(H,16,17,19). The maximum absolute atomic E-state index is 12.1. The number of ether oxygens (including phenoxy) is 1. The largest absolute Gasteiger partial charge is 0.465 e. The molecule has 8 heteroatoms. The summed E-state index contributed by atoms with van der Waals surface area (Å²) in [7, 11) is 3.02. The molecule has 0 aliphatic rings. The monoisotopic (exact) mass is 316 g/mol. The van der Waals surface area contributed by atoms with Gasteiger partial charge in [-0.15, -0.1) is 0 Å². The van der Waals surface area contributed by atoms with Gasteiger partial charge in [0.15, 0.2) is 5.13 Å². The van der Waals surface area contributed by atoms with E-state index in [1.54, 1.807) is 37.5 Å². The van der Waals surface area contributed by atoms with Crippen LogP contribution in [0.25, 0.3) is 10.2 Å². The molecule has 2 heterocycles. The number of aryl methyl sites for hydroxylation is 1. The first-order chi connectivity index (χ1) is 10.6. The van der Waals surface area contributed by atoms with E-state index >= 15 is 0 Å². The highest BCUT2D eigenvalue weighted by atomic mass is 32.1. The van der Waals surface area contributed by atoms with Crippen LogP contribution in [0.15, 0.2) is 30.5 Å². The smallest absolute Gasteiger partial charge is 0.337 e. The summed E-state index contributed by atoms with van der Waals surface area (Å²) in [5, 5.41) is 7.14. The minimum Gasteiger partial charge on any atom is -0.465 e. The molecule has 0 aliphatic carbocycles. The SMILES string of the molecule is COC(=O)c1ccc2nc(NC(=O)c3ccnn3C)sc2c1. The van der Waals surface area contributed by atoms with E-state index in [2.05, 4.69) is 20.1 Å². The first kappa shape index (κ1) is 14.2. The van der Waals surface area contributed by atoms with Crippen LogP contribution in [-0.2, 0) is 11.8 Å². The van der Waals surface area contributed by atoms with Gasteiger partial charge in [0.25, 0.3) is 5.91 Å². The van der Waals surface area contributed by atoms with Gasteiger partial charge in [-0.3, -0.25) is 14.8 Å². The van der Waals surface area contributed by atoms with Crippen molar-refractivity contribution in [3.63, 3.8) is 0 Å². The summed E-state index contributed by atoms with van der Waals surface area (Å²) in [6.07, 6.45) is 1.55. The Morgan fingerprint density at radius 1 is 1.32 bits per heavy atom. The van der Waals surface area contributed by atoms with E-state index in [4.69, 9.17) is 0 Å². The van der Waals surface area contributed by atoms with Crippen LogP contribution in [0.1, 0.15) is 20.8 Å². The number of rotatable bonds is 3. The van der Waals surface area contributed by atoms with Crippen molar-refractivity contribution in [2.45, 2.75) is 0 Å². The molecule has 1 amide bonds. The van der Waals surface area contributed by atoms with Crippen LogP contribution in [0.2, 0.25) is 0 Å². The van der Waals surface area contributed by atoms with Gasteiger partial charge >= 0.3 is 5.97 Å². The van der Waals surface area contributed by atoms with Crippen LogP contribution < -0.4 is 5.32 Å². The molecule has 0 bridgehead atoms. The van der Waals surface area contributed by atoms with Gasteiger partial charge in [0.2, 0.25) is 0 Å². The van der Waals surface area contributed by atoms with Crippen molar-refractivity contribution in [2.75, 3.05) is 12.4 Å². The fourth-order valence-electron chi connectivity index (χ4n) is 1.98. The molecule has 2 aromatic heterocycles. The molecule has 0 saturated heterocycles. The first-order valence-electron chi connectivity index (χ1n) is 6.37. The fourth-order valence-corrected chi connectivity index (χ4v) is 2.88. The lowest BCUT2D eigenvalue weighted by Gasteiger charge is -2.00. The van der Waals surface area contributed by atoms with Crippen molar-refractivity contribution in [1.29, 1.82) is 0 Å². The molecule has 1 N–H and O–H groups in total. The number of esters is 1. The van der Waals surface area contributed by atoms with Gasteiger partial charge in [-0.05, 0) is 24.3 Å². The molecular weight excluding hydrogens is 304 g/mol. The number of carbonyl (C=O) groups is 2. The lowest BCUT2D eigenvalue weighted by molar-refractivity contribution is 0.0601. The summed E-state index contributed by atoms with van der Waals surface area (Å²) >= 11 is 1.29. The second-order valence-corrected chi connectivity index (χ2v) is 5.52. The van der Waals surface area contributed by atoms with Crippen molar-refractivity contribution in [3.05, 3.63) is 41.7 Å². The summed E-state index contributed by atoms with van der Waals surface area (Å²) in [6.45, 7) is 0. The highest BCUT2D eigenvalue weighted by Crippen LogP contribution is 2.27. The van der Waals surface area contributed by atoms with Gasteiger partial charge in [-0.1, -0.05) is 11.3 Å². The summed E-state index contributed by atoms with van der Waals surface area (Å²) < 4.78 is 6.96. The van der Waals surface area contributed by atoms with Gasteiger partial charge in [-0.25, -0.2) is 9.78 Å². The van der Waals surface area contributed by atoms with Gasteiger partial charge in [-0.2, -0.15) is 5.10 Å². The third kappa shape index (κ3) is 2.56. The minimum atomic E-state index is -0.407. The fraction of sp³-hybridized carbons (Fsp3) is 0.143. The summed E-state index contributed by atoms with van der Waals surface area (Å²) in [6, 6.07) is 6.68. The number of anilines is 1. The molecule has 0 saturated carbocycles. The van der Waals surface area contributed by atoms with Crippen LogP contribution in [0.4, 0.5) is 5.13 Å². The van der Waals surface area contributed by atoms with E-state index in [9.17, 15) is 9.59 Å². The topological polar surface area (TPSA) is 86.1 Å². The van der Waals surface area contributed by atoms with Crippen molar-refractivity contribution in [2.24, 2.45) is 7.05 Å². The normalized spacial score (nSPS) is 10.6. The van der Waals surface area contributed by atoms with Crippen molar-refractivity contribution in [1.82, 2.24) is 14.8 Å². The number of hydrogen-bond donors (Lipinski definition) is 1. The second-order valence-electron chi connectivity index (χ2n) is 4.49. The van der Waals surface area contributed by atoms with Crippen LogP contribution in [0.3, 0.4) is 0 Å². The van der Waals surface area contributed by atoms with Gasteiger partial charge < -0.3 is 4.74 Å². The summed E-state index contributed by atoms with van der Waals surface area (Å²) in [4.78, 5) is 28.0. The van der Waals surface area contributed by atoms with Crippen molar-refractivity contribution >= 4 is 38.6 Å². The lowest BCUT2D eigenvalue weighted by Crippen LogP contribution is -2.15. The molecule has 0 spiro atoms. The van der Waals surface area contributed by atoms with Gasteiger partial charge in [0.05, 0.1) is 22.9 Å². The zero-order chi connectivity index (χ0) is 15.7. The first-order valence-corrected chi connectivity index (χ1v) is 7.18. The van der Waals surface area contributed by atoms with E-state index in [0.29, 0.717) is 21.9 Å². The van der Waals surface area contributed by atoms with E-state index in [1.165, 1.54) is 23.1 Å². The molecule has 0 radical (unpaired) electrons. The van der Waals surface area contributed by atoms with E-state index < -0.39 is 5.97 Å². The van der Waals surface area contributed by atoms with Crippen molar-refractivity contribution < 1.29 is 14.3 Å². The number of nitrogens with one attached hydrogen (secondary N) is 1. The molecule has 112 valence electrons. The van der Waals surface area contributed by atoms with Crippen LogP contribution in [0, 0.1) is 0 Å². The Bertz CT molecular complexity index is 868. The Morgan fingerprint density at radius 2 is 2.14 bits per heavy atom. The molecule has 1 aromatic carbocycles. The molecule has 7 nitrogen and oxygen atoms in total. The van der Waals surface area contributed by atoms with Crippen LogP contribution in [0.5, 0.6) is 0 Å². The number of fused-ring (bicyclic) bond motifs is 1. The molecule has 0 aliphatic heterocycles. The Morgan fingerprint density at radius 3 is 2.82 bits per heavy atom.